The highest BCUT2D eigenvalue weighted by molar-refractivity contribution is 9.10. The Morgan fingerprint density at radius 2 is 1.78 bits per heavy atom. The van der Waals surface area contributed by atoms with Gasteiger partial charge >= 0.3 is 5.97 Å². The number of carbonyl (C=O) groups excluding carboxylic acids is 1. The quantitative estimate of drug-likeness (QED) is 0.442. The predicted octanol–water partition coefficient (Wildman–Crippen LogP) is 4.22. The first-order valence-corrected chi connectivity index (χ1v) is 7.40. The summed E-state index contributed by atoms with van der Waals surface area (Å²) in [5.41, 5.74) is 0.267. The van der Waals surface area contributed by atoms with Gasteiger partial charge in [-0.15, -0.1) is 0 Å². The molecule has 2 rings (SSSR count). The normalized spacial score (nSPS) is 10.6. The second-order valence-corrected chi connectivity index (χ2v) is 5.33. The van der Waals surface area contributed by atoms with Crippen molar-refractivity contribution in [3.05, 3.63) is 58.3 Å². The first-order valence-electron chi connectivity index (χ1n) is 6.61. The SMILES string of the molecule is COc1cccc(OC)c1OC(=O)/C=C/c1cc(Br)ccc1F. The van der Waals surface area contributed by atoms with Gasteiger partial charge in [0.1, 0.15) is 5.82 Å². The number of benzene rings is 2. The molecule has 0 spiro atoms. The predicted molar refractivity (Wildman–Crippen MR) is 88.3 cm³/mol. The van der Waals surface area contributed by atoms with Gasteiger partial charge in [0.25, 0.3) is 0 Å². The third-order valence-electron chi connectivity index (χ3n) is 2.94. The fourth-order valence-electron chi connectivity index (χ4n) is 1.85. The molecule has 23 heavy (non-hydrogen) atoms. The highest BCUT2D eigenvalue weighted by Gasteiger charge is 2.14. The molecule has 0 amide bonds. The van der Waals surface area contributed by atoms with E-state index >= 15 is 0 Å². The van der Waals surface area contributed by atoms with E-state index < -0.39 is 11.8 Å². The van der Waals surface area contributed by atoms with E-state index in [1.807, 2.05) is 0 Å². The maximum absolute atomic E-state index is 13.6. The van der Waals surface area contributed by atoms with Gasteiger partial charge in [0, 0.05) is 16.1 Å². The Labute approximate surface area is 141 Å². The number of esters is 1. The molecule has 0 aliphatic carbocycles. The molecular formula is C17H14BrFO4. The van der Waals surface area contributed by atoms with Gasteiger partial charge in [0.05, 0.1) is 14.2 Å². The molecule has 6 heteroatoms. The third kappa shape index (κ3) is 4.32. The number of carbonyl (C=O) groups is 1. The zero-order valence-corrected chi connectivity index (χ0v) is 14.1. The van der Waals surface area contributed by atoms with Crippen molar-refractivity contribution < 1.29 is 23.4 Å². The molecule has 0 fully saturated rings. The Morgan fingerprint density at radius 3 is 2.39 bits per heavy atom. The summed E-state index contributed by atoms with van der Waals surface area (Å²) in [6.07, 6.45) is 2.47. The average Bonchev–Trinajstić information content (AvgIpc) is 2.55. The molecule has 2 aromatic carbocycles. The summed E-state index contributed by atoms with van der Waals surface area (Å²) in [7, 11) is 2.91. The lowest BCUT2D eigenvalue weighted by atomic mass is 10.2. The number of hydrogen-bond acceptors (Lipinski definition) is 4. The topological polar surface area (TPSA) is 44.8 Å². The van der Waals surface area contributed by atoms with Gasteiger partial charge in [-0.2, -0.15) is 0 Å². The molecule has 0 N–H and O–H groups in total. The lowest BCUT2D eigenvalue weighted by Gasteiger charge is -2.11. The van der Waals surface area contributed by atoms with E-state index in [9.17, 15) is 9.18 Å². The summed E-state index contributed by atoms with van der Waals surface area (Å²) in [4.78, 5) is 12.0. The van der Waals surface area contributed by atoms with Gasteiger partial charge in [-0.05, 0) is 36.4 Å². The molecule has 0 aliphatic rings. The van der Waals surface area contributed by atoms with Crippen molar-refractivity contribution >= 4 is 28.0 Å². The second kappa shape index (κ2) is 7.78. The van der Waals surface area contributed by atoms with E-state index in [0.717, 1.165) is 6.08 Å². The fourth-order valence-corrected chi connectivity index (χ4v) is 2.23. The van der Waals surface area contributed by atoms with Crippen LogP contribution in [0.4, 0.5) is 4.39 Å². The summed E-state index contributed by atoms with van der Waals surface area (Å²) >= 11 is 3.25. The molecule has 2 aromatic rings. The van der Waals surface area contributed by atoms with E-state index in [4.69, 9.17) is 14.2 Å². The van der Waals surface area contributed by atoms with Crippen molar-refractivity contribution in [2.45, 2.75) is 0 Å². The van der Waals surface area contributed by atoms with Gasteiger partial charge in [-0.3, -0.25) is 0 Å². The summed E-state index contributed by atoms with van der Waals surface area (Å²) in [6.45, 7) is 0. The first-order chi connectivity index (χ1) is 11.0. The van der Waals surface area contributed by atoms with Gasteiger partial charge in [-0.25, -0.2) is 9.18 Å². The zero-order valence-electron chi connectivity index (χ0n) is 12.5. The molecule has 0 aromatic heterocycles. The summed E-state index contributed by atoms with van der Waals surface area (Å²) < 4.78 is 29.8. The Hall–Kier alpha value is -2.34. The van der Waals surface area contributed by atoms with E-state index in [2.05, 4.69) is 15.9 Å². The lowest BCUT2D eigenvalue weighted by molar-refractivity contribution is -0.129. The van der Waals surface area contributed by atoms with Crippen LogP contribution in [0, 0.1) is 5.82 Å². The molecule has 0 atom stereocenters. The van der Waals surface area contributed by atoms with Gasteiger partial charge in [0.15, 0.2) is 11.5 Å². The van der Waals surface area contributed by atoms with Crippen LogP contribution in [-0.4, -0.2) is 20.2 Å². The van der Waals surface area contributed by atoms with Crippen LogP contribution in [0.3, 0.4) is 0 Å². The van der Waals surface area contributed by atoms with Crippen LogP contribution in [0.5, 0.6) is 17.2 Å². The molecule has 0 radical (unpaired) electrons. The van der Waals surface area contributed by atoms with Gasteiger partial charge in [0.2, 0.25) is 5.75 Å². The first kappa shape index (κ1) is 17.0. The Bertz CT molecular complexity index is 721. The van der Waals surface area contributed by atoms with E-state index in [0.29, 0.717) is 16.0 Å². The minimum absolute atomic E-state index is 0.168. The van der Waals surface area contributed by atoms with Gasteiger partial charge in [-0.1, -0.05) is 22.0 Å². The molecular weight excluding hydrogens is 367 g/mol. The monoisotopic (exact) mass is 380 g/mol. The zero-order chi connectivity index (χ0) is 16.8. The maximum atomic E-state index is 13.6. The van der Waals surface area contributed by atoms with Crippen molar-refractivity contribution in [2.24, 2.45) is 0 Å². The molecule has 0 saturated heterocycles. The van der Waals surface area contributed by atoms with Crippen LogP contribution in [0.15, 0.2) is 46.9 Å². The Morgan fingerprint density at radius 1 is 1.13 bits per heavy atom. The van der Waals surface area contributed by atoms with Crippen molar-refractivity contribution in [1.82, 2.24) is 0 Å². The average molecular weight is 381 g/mol. The second-order valence-electron chi connectivity index (χ2n) is 4.41. The van der Waals surface area contributed by atoms with Crippen molar-refractivity contribution in [3.8, 4) is 17.2 Å². The highest BCUT2D eigenvalue weighted by atomic mass is 79.9. The standard InChI is InChI=1S/C17H14BrFO4/c1-21-14-4-3-5-15(22-2)17(14)23-16(20)9-6-11-10-12(18)7-8-13(11)19/h3-10H,1-2H3/b9-6+. The summed E-state index contributed by atoms with van der Waals surface area (Å²) in [5.74, 6) is -0.222. The minimum Gasteiger partial charge on any atom is -0.493 e. The van der Waals surface area contributed by atoms with Crippen molar-refractivity contribution in [2.75, 3.05) is 14.2 Å². The van der Waals surface area contributed by atoms with Crippen LogP contribution >= 0.6 is 15.9 Å². The van der Waals surface area contributed by atoms with E-state index in [1.165, 1.54) is 26.4 Å². The van der Waals surface area contributed by atoms with Crippen LogP contribution in [-0.2, 0) is 4.79 Å². The number of hydrogen-bond donors (Lipinski definition) is 0. The Balaban J connectivity index is 2.20. The van der Waals surface area contributed by atoms with Crippen molar-refractivity contribution in [3.63, 3.8) is 0 Å². The highest BCUT2D eigenvalue weighted by Crippen LogP contribution is 2.36. The smallest absolute Gasteiger partial charge is 0.336 e. The van der Waals surface area contributed by atoms with Crippen LogP contribution < -0.4 is 14.2 Å². The number of halogens is 2. The lowest BCUT2D eigenvalue weighted by Crippen LogP contribution is -2.06. The van der Waals surface area contributed by atoms with Crippen LogP contribution in [0.2, 0.25) is 0 Å². The molecule has 120 valence electrons. The van der Waals surface area contributed by atoms with Crippen molar-refractivity contribution in [1.29, 1.82) is 0 Å². The van der Waals surface area contributed by atoms with Gasteiger partial charge < -0.3 is 14.2 Å². The molecule has 0 saturated carbocycles. The largest absolute Gasteiger partial charge is 0.493 e. The fraction of sp³-hybridized carbons (Fsp3) is 0.118. The summed E-state index contributed by atoms with van der Waals surface area (Å²) in [5, 5.41) is 0. The van der Waals surface area contributed by atoms with Crippen LogP contribution in [0.1, 0.15) is 5.56 Å². The molecule has 0 heterocycles. The molecule has 4 nitrogen and oxygen atoms in total. The minimum atomic E-state index is -0.674. The number of ether oxygens (including phenoxy) is 3. The number of rotatable bonds is 5. The van der Waals surface area contributed by atoms with E-state index in [-0.39, 0.29) is 11.3 Å². The molecule has 0 aliphatic heterocycles. The maximum Gasteiger partial charge on any atom is 0.336 e. The number of para-hydroxylation sites is 1. The van der Waals surface area contributed by atoms with E-state index in [1.54, 1.807) is 30.3 Å². The summed E-state index contributed by atoms with van der Waals surface area (Å²) in [6, 6.07) is 9.43. The Kier molecular flexibility index (Phi) is 5.76. The molecule has 0 unspecified atom stereocenters. The third-order valence-corrected chi connectivity index (χ3v) is 3.44. The number of methoxy groups -OCH3 is 2. The van der Waals surface area contributed by atoms with Crippen LogP contribution in [0.25, 0.3) is 6.08 Å². The molecule has 0 bridgehead atoms.